The number of aromatic nitrogens is 1. The van der Waals surface area contributed by atoms with Crippen LogP contribution in [-0.4, -0.2) is 18.1 Å². The molecule has 2 rings (SSSR count). The normalized spacial score (nSPS) is 10.2. The number of methoxy groups -OCH3 is 1. The summed E-state index contributed by atoms with van der Waals surface area (Å²) in [5, 5.41) is 3.02. The zero-order valence-electron chi connectivity index (χ0n) is 11.3. The zero-order valence-corrected chi connectivity index (χ0v) is 11.3. The highest BCUT2D eigenvalue weighted by Crippen LogP contribution is 2.13. The van der Waals surface area contributed by atoms with E-state index in [4.69, 9.17) is 0 Å². The number of hydrogen-bond donors (Lipinski definition) is 1. The molecule has 0 bridgehead atoms. The fraction of sp³-hybridized carbons (Fsp3) is 0.200. The van der Waals surface area contributed by atoms with Gasteiger partial charge in [0, 0.05) is 12.1 Å². The van der Waals surface area contributed by atoms with Crippen molar-refractivity contribution in [2.75, 3.05) is 12.4 Å². The van der Waals surface area contributed by atoms with Crippen LogP contribution in [0, 0.1) is 12.7 Å². The fourth-order valence-electron chi connectivity index (χ4n) is 1.81. The maximum absolute atomic E-state index is 13.5. The topological polar surface area (TPSA) is 51.2 Å². The van der Waals surface area contributed by atoms with E-state index < -0.39 is 5.97 Å². The molecule has 0 spiro atoms. The Labute approximate surface area is 116 Å². The monoisotopic (exact) mass is 274 g/mol. The van der Waals surface area contributed by atoms with E-state index in [2.05, 4.69) is 15.0 Å². The van der Waals surface area contributed by atoms with E-state index in [0.29, 0.717) is 29.2 Å². The lowest BCUT2D eigenvalue weighted by Crippen LogP contribution is -2.08. The summed E-state index contributed by atoms with van der Waals surface area (Å²) in [6.45, 7) is 2.05. The number of carbonyl (C=O) groups excluding carboxylic acids is 1. The standard InChI is InChI=1S/C15H15FN2O2/c1-10-12(15(19)20-2)7-8-14(18-10)17-9-11-5-3-4-6-13(11)16/h3-8H,9H2,1-2H3,(H,17,18). The second kappa shape index (κ2) is 6.14. The molecule has 0 amide bonds. The average Bonchev–Trinajstić information content (AvgIpc) is 2.46. The Kier molecular flexibility index (Phi) is 4.30. The SMILES string of the molecule is COC(=O)c1ccc(NCc2ccccc2F)nc1C. The summed E-state index contributed by atoms with van der Waals surface area (Å²) >= 11 is 0. The molecule has 20 heavy (non-hydrogen) atoms. The number of carbonyl (C=O) groups is 1. The second-order valence-electron chi connectivity index (χ2n) is 4.27. The van der Waals surface area contributed by atoms with Gasteiger partial charge in [0.1, 0.15) is 11.6 Å². The molecule has 1 heterocycles. The summed E-state index contributed by atoms with van der Waals surface area (Å²) in [6, 6.07) is 9.84. The summed E-state index contributed by atoms with van der Waals surface area (Å²) in [5.41, 5.74) is 1.54. The molecule has 1 aromatic heterocycles. The van der Waals surface area contributed by atoms with Gasteiger partial charge in [0.2, 0.25) is 0 Å². The summed E-state index contributed by atoms with van der Waals surface area (Å²) in [6.07, 6.45) is 0. The number of ether oxygens (including phenoxy) is 1. The molecule has 0 fully saturated rings. The van der Waals surface area contributed by atoms with Crippen LogP contribution in [-0.2, 0) is 11.3 Å². The minimum absolute atomic E-state index is 0.261. The highest BCUT2D eigenvalue weighted by atomic mass is 19.1. The lowest BCUT2D eigenvalue weighted by molar-refractivity contribution is 0.0599. The molecule has 4 nitrogen and oxygen atoms in total. The Balaban J connectivity index is 2.10. The Bertz CT molecular complexity index is 629. The maximum Gasteiger partial charge on any atom is 0.339 e. The van der Waals surface area contributed by atoms with Crippen molar-refractivity contribution in [3.63, 3.8) is 0 Å². The van der Waals surface area contributed by atoms with Crippen LogP contribution in [0.5, 0.6) is 0 Å². The van der Waals surface area contributed by atoms with Gasteiger partial charge in [0.25, 0.3) is 0 Å². The molecule has 0 aliphatic rings. The number of esters is 1. The molecule has 2 aromatic rings. The number of rotatable bonds is 4. The first-order valence-electron chi connectivity index (χ1n) is 6.15. The number of halogens is 1. The molecule has 0 saturated carbocycles. The molecular weight excluding hydrogens is 259 g/mol. The van der Waals surface area contributed by atoms with Gasteiger partial charge in [-0.25, -0.2) is 14.2 Å². The van der Waals surface area contributed by atoms with Gasteiger partial charge in [-0.15, -0.1) is 0 Å². The van der Waals surface area contributed by atoms with Gasteiger partial charge in [-0.3, -0.25) is 0 Å². The van der Waals surface area contributed by atoms with Crippen molar-refractivity contribution in [1.82, 2.24) is 4.98 Å². The van der Waals surface area contributed by atoms with Gasteiger partial charge in [-0.05, 0) is 25.1 Å². The first-order valence-corrected chi connectivity index (χ1v) is 6.15. The lowest BCUT2D eigenvalue weighted by Gasteiger charge is -2.09. The number of benzene rings is 1. The van der Waals surface area contributed by atoms with Crippen molar-refractivity contribution in [1.29, 1.82) is 0 Å². The molecule has 0 radical (unpaired) electrons. The van der Waals surface area contributed by atoms with Crippen LogP contribution >= 0.6 is 0 Å². The third kappa shape index (κ3) is 3.12. The Morgan fingerprint density at radius 2 is 2.05 bits per heavy atom. The van der Waals surface area contributed by atoms with Crippen LogP contribution in [0.15, 0.2) is 36.4 Å². The van der Waals surface area contributed by atoms with E-state index in [1.54, 1.807) is 37.3 Å². The van der Waals surface area contributed by atoms with Crippen LogP contribution in [0.3, 0.4) is 0 Å². The third-order valence-electron chi connectivity index (χ3n) is 2.91. The van der Waals surface area contributed by atoms with E-state index in [1.165, 1.54) is 13.2 Å². The van der Waals surface area contributed by atoms with E-state index in [1.807, 2.05) is 0 Å². The summed E-state index contributed by atoms with van der Waals surface area (Å²) < 4.78 is 18.1. The van der Waals surface area contributed by atoms with E-state index in [0.717, 1.165) is 0 Å². The van der Waals surface area contributed by atoms with Gasteiger partial charge in [0.05, 0.1) is 18.4 Å². The van der Waals surface area contributed by atoms with Gasteiger partial charge in [-0.1, -0.05) is 18.2 Å². The predicted octanol–water partition coefficient (Wildman–Crippen LogP) is 2.93. The first kappa shape index (κ1) is 14.0. The molecule has 0 atom stereocenters. The summed E-state index contributed by atoms with van der Waals surface area (Å²) in [4.78, 5) is 15.7. The number of hydrogen-bond acceptors (Lipinski definition) is 4. The smallest absolute Gasteiger partial charge is 0.339 e. The molecule has 104 valence electrons. The van der Waals surface area contributed by atoms with Crippen molar-refractivity contribution in [2.24, 2.45) is 0 Å². The quantitative estimate of drug-likeness (QED) is 0.871. The van der Waals surface area contributed by atoms with E-state index in [9.17, 15) is 9.18 Å². The Morgan fingerprint density at radius 3 is 2.70 bits per heavy atom. The van der Waals surface area contributed by atoms with Crippen molar-refractivity contribution >= 4 is 11.8 Å². The minimum atomic E-state index is -0.421. The van der Waals surface area contributed by atoms with Crippen LogP contribution in [0.4, 0.5) is 10.2 Å². The lowest BCUT2D eigenvalue weighted by atomic mass is 10.2. The van der Waals surface area contributed by atoms with E-state index in [-0.39, 0.29) is 5.82 Å². The molecular formula is C15H15FN2O2. The molecule has 1 N–H and O–H groups in total. The third-order valence-corrected chi connectivity index (χ3v) is 2.91. The molecule has 0 aliphatic carbocycles. The van der Waals surface area contributed by atoms with Crippen molar-refractivity contribution < 1.29 is 13.9 Å². The van der Waals surface area contributed by atoms with Gasteiger partial charge in [-0.2, -0.15) is 0 Å². The maximum atomic E-state index is 13.5. The fourth-order valence-corrected chi connectivity index (χ4v) is 1.81. The van der Waals surface area contributed by atoms with Crippen molar-refractivity contribution in [3.8, 4) is 0 Å². The summed E-state index contributed by atoms with van der Waals surface area (Å²) in [5.74, 6) is -0.100. The molecule has 0 aliphatic heterocycles. The van der Waals surface area contributed by atoms with Gasteiger partial charge in [0.15, 0.2) is 0 Å². The van der Waals surface area contributed by atoms with Crippen LogP contribution < -0.4 is 5.32 Å². The Morgan fingerprint density at radius 1 is 1.30 bits per heavy atom. The van der Waals surface area contributed by atoms with Crippen LogP contribution in [0.25, 0.3) is 0 Å². The van der Waals surface area contributed by atoms with Crippen LogP contribution in [0.2, 0.25) is 0 Å². The molecule has 5 heteroatoms. The number of aryl methyl sites for hydroxylation is 1. The zero-order chi connectivity index (χ0) is 14.5. The van der Waals surface area contributed by atoms with Gasteiger partial charge >= 0.3 is 5.97 Å². The molecule has 0 saturated heterocycles. The highest BCUT2D eigenvalue weighted by Gasteiger charge is 2.10. The van der Waals surface area contributed by atoms with E-state index >= 15 is 0 Å². The first-order chi connectivity index (χ1) is 9.61. The number of anilines is 1. The average molecular weight is 274 g/mol. The number of pyridine rings is 1. The van der Waals surface area contributed by atoms with Crippen molar-refractivity contribution in [3.05, 3.63) is 59.0 Å². The second-order valence-corrected chi connectivity index (χ2v) is 4.27. The summed E-state index contributed by atoms with van der Waals surface area (Å²) in [7, 11) is 1.33. The number of nitrogens with one attached hydrogen (secondary N) is 1. The van der Waals surface area contributed by atoms with Crippen LogP contribution in [0.1, 0.15) is 21.6 Å². The number of nitrogens with zero attached hydrogens (tertiary/aromatic N) is 1. The largest absolute Gasteiger partial charge is 0.465 e. The predicted molar refractivity (Wildman–Crippen MR) is 74.0 cm³/mol. The molecule has 1 aromatic carbocycles. The highest BCUT2D eigenvalue weighted by molar-refractivity contribution is 5.90. The van der Waals surface area contributed by atoms with Crippen molar-refractivity contribution in [2.45, 2.75) is 13.5 Å². The minimum Gasteiger partial charge on any atom is -0.465 e. The Hall–Kier alpha value is -2.43. The molecule has 0 unspecified atom stereocenters. The van der Waals surface area contributed by atoms with Gasteiger partial charge < -0.3 is 10.1 Å².